The first-order valence-corrected chi connectivity index (χ1v) is 7.83. The molecule has 0 unspecified atom stereocenters. The van der Waals surface area contributed by atoms with E-state index in [0.717, 1.165) is 17.0 Å². The van der Waals surface area contributed by atoms with Crippen molar-refractivity contribution in [2.45, 2.75) is 12.3 Å². The van der Waals surface area contributed by atoms with Gasteiger partial charge in [0.05, 0.1) is 9.30 Å². The summed E-state index contributed by atoms with van der Waals surface area (Å²) in [5.41, 5.74) is 0.383. The van der Waals surface area contributed by atoms with Gasteiger partial charge in [0.25, 0.3) is 0 Å². The minimum Gasteiger partial charge on any atom is -0.493 e. The van der Waals surface area contributed by atoms with Crippen LogP contribution in [0.1, 0.15) is 28.9 Å². The molecule has 4 rings (SSSR count). The van der Waals surface area contributed by atoms with E-state index in [1.165, 1.54) is 37.4 Å². The lowest BCUT2D eigenvalue weighted by Crippen LogP contribution is -2.39. The number of halogens is 1. The van der Waals surface area contributed by atoms with E-state index >= 15 is 0 Å². The van der Waals surface area contributed by atoms with Crippen LogP contribution in [0.3, 0.4) is 0 Å². The Morgan fingerprint density at radius 2 is 2.04 bits per heavy atom. The van der Waals surface area contributed by atoms with E-state index in [4.69, 9.17) is 25.2 Å². The van der Waals surface area contributed by atoms with Gasteiger partial charge in [0.15, 0.2) is 11.5 Å². The Bertz CT molecular complexity index is 1050. The molecular formula is C20H22FNO3. The van der Waals surface area contributed by atoms with Gasteiger partial charge < -0.3 is 19.1 Å². The molecule has 2 aromatic rings. The molecule has 0 bridgehead atoms. The van der Waals surface area contributed by atoms with Crippen LogP contribution < -0.4 is 14.2 Å². The van der Waals surface area contributed by atoms with Crippen LogP contribution in [0.25, 0.3) is 0 Å². The van der Waals surface area contributed by atoms with Crippen LogP contribution in [0.5, 0.6) is 17.2 Å². The van der Waals surface area contributed by atoms with Gasteiger partial charge in [-0.1, -0.05) is 12.1 Å². The summed E-state index contributed by atoms with van der Waals surface area (Å²) >= 11 is 0. The van der Waals surface area contributed by atoms with Crippen LogP contribution in [0.15, 0.2) is 42.5 Å². The Balaban J connectivity index is 1.72. The Kier molecular flexibility index (Phi) is 2.61. The Morgan fingerprint density at radius 1 is 1.24 bits per heavy atom. The Labute approximate surface area is 158 Å². The summed E-state index contributed by atoms with van der Waals surface area (Å²) in [6.45, 7) is -9.61. The first-order chi connectivity index (χ1) is 15.1. The van der Waals surface area contributed by atoms with Crippen molar-refractivity contribution in [3.63, 3.8) is 0 Å². The Hall–Kier alpha value is -2.27. The molecule has 0 saturated carbocycles. The fraction of sp³-hybridized carbons (Fsp3) is 0.400. The molecule has 2 aliphatic heterocycles. The molecule has 0 radical (unpaired) electrons. The second-order valence-electron chi connectivity index (χ2n) is 5.80. The highest BCUT2D eigenvalue weighted by molar-refractivity contribution is 5.46. The number of ether oxygens (including phenoxy) is 3. The third kappa shape index (κ3) is 3.56. The van der Waals surface area contributed by atoms with Gasteiger partial charge in [-0.3, -0.25) is 0 Å². The summed E-state index contributed by atoms with van der Waals surface area (Å²) < 4.78 is 95.3. The van der Waals surface area contributed by atoms with Gasteiger partial charge in [-0.25, -0.2) is 4.39 Å². The number of fused-ring (bicyclic) bond motifs is 1. The summed E-state index contributed by atoms with van der Waals surface area (Å²) in [6.07, 6.45) is -0.247. The maximum Gasteiger partial charge on any atom is 0.231 e. The quantitative estimate of drug-likeness (QED) is 0.841. The maximum absolute atomic E-state index is 13.5. The lowest BCUT2D eigenvalue weighted by Gasteiger charge is -2.37. The minimum absolute atomic E-state index is 0.00323. The van der Waals surface area contributed by atoms with Crippen molar-refractivity contribution < 1.29 is 29.6 Å². The second kappa shape index (κ2) is 6.92. The van der Waals surface area contributed by atoms with Crippen molar-refractivity contribution in [1.82, 2.24) is 4.90 Å². The van der Waals surface area contributed by atoms with Gasteiger partial charge in [0.2, 0.25) is 6.75 Å². The summed E-state index contributed by atoms with van der Waals surface area (Å²) in [5, 5.41) is 0. The summed E-state index contributed by atoms with van der Waals surface area (Å²) in [6, 6.07) is 9.05. The molecule has 0 amide bonds. The first-order valence-electron chi connectivity index (χ1n) is 11.8. The topological polar surface area (TPSA) is 30.9 Å². The first kappa shape index (κ1) is 9.43. The van der Waals surface area contributed by atoms with Crippen LogP contribution in [0.2, 0.25) is 0 Å². The maximum atomic E-state index is 13.5. The average Bonchev–Trinajstić information content (AvgIpc) is 2.98. The molecule has 0 aliphatic carbocycles. The predicted molar refractivity (Wildman–Crippen MR) is 92.8 cm³/mol. The fourth-order valence-electron chi connectivity index (χ4n) is 2.78. The monoisotopic (exact) mass is 351 g/mol. The Morgan fingerprint density at radius 3 is 2.88 bits per heavy atom. The molecule has 0 spiro atoms. The highest BCUT2D eigenvalue weighted by Crippen LogP contribution is 2.37. The van der Waals surface area contributed by atoms with E-state index in [9.17, 15) is 4.39 Å². The third-order valence-corrected chi connectivity index (χ3v) is 4.10. The van der Waals surface area contributed by atoms with Gasteiger partial charge in [-0.05, 0) is 55.7 Å². The van der Waals surface area contributed by atoms with Gasteiger partial charge >= 0.3 is 0 Å². The molecule has 5 heteroatoms. The summed E-state index contributed by atoms with van der Waals surface area (Å²) in [7, 11) is 1.24. The smallest absolute Gasteiger partial charge is 0.231 e. The van der Waals surface area contributed by atoms with Crippen molar-refractivity contribution >= 4 is 0 Å². The molecule has 25 heavy (non-hydrogen) atoms. The van der Waals surface area contributed by atoms with Crippen LogP contribution >= 0.6 is 0 Å². The van der Waals surface area contributed by atoms with E-state index < -0.39 is 44.0 Å². The number of nitrogens with zero attached hydrogens (tertiary/aromatic N) is 1. The SMILES string of the molecule is [2H]C1([2H])Oc2ccc(OC([2H])([2H])[C@H]3[C@H](c4ccc(F)cc4)CC([2H])([2H])N(C)C3([2H])[2H])cc2O1. The van der Waals surface area contributed by atoms with Crippen molar-refractivity contribution in [2.75, 3.05) is 33.3 Å². The molecular weight excluding hydrogens is 321 g/mol. The van der Waals surface area contributed by atoms with E-state index in [1.54, 1.807) is 0 Å². The van der Waals surface area contributed by atoms with Crippen molar-refractivity contribution in [2.24, 2.45) is 5.92 Å². The van der Waals surface area contributed by atoms with E-state index in [-0.39, 0.29) is 23.7 Å². The number of likely N-dealkylation sites (tertiary alicyclic amines) is 1. The van der Waals surface area contributed by atoms with E-state index in [0.29, 0.717) is 5.56 Å². The number of piperidine rings is 1. The zero-order chi connectivity index (χ0) is 24.4. The molecule has 2 aromatic carbocycles. The highest BCUT2D eigenvalue weighted by atomic mass is 19.1. The molecule has 4 nitrogen and oxygen atoms in total. The molecule has 1 fully saturated rings. The van der Waals surface area contributed by atoms with Crippen LogP contribution in [0.4, 0.5) is 4.39 Å². The zero-order valence-electron chi connectivity index (χ0n) is 21.5. The zero-order valence-corrected chi connectivity index (χ0v) is 13.5. The molecule has 0 N–H and O–H groups in total. The van der Waals surface area contributed by atoms with Crippen molar-refractivity contribution in [1.29, 1.82) is 0 Å². The number of hydrogen-bond donors (Lipinski definition) is 0. The van der Waals surface area contributed by atoms with Crippen LogP contribution in [-0.2, 0) is 0 Å². The molecule has 1 saturated heterocycles. The van der Waals surface area contributed by atoms with Gasteiger partial charge in [0.1, 0.15) is 14.3 Å². The van der Waals surface area contributed by atoms with E-state index in [1.807, 2.05) is 0 Å². The lowest BCUT2D eigenvalue weighted by molar-refractivity contribution is 0.129. The molecule has 2 aliphatic rings. The second-order valence-corrected chi connectivity index (χ2v) is 5.80. The normalized spacial score (nSPS) is 34.2. The van der Waals surface area contributed by atoms with Crippen molar-refractivity contribution in [3.8, 4) is 17.2 Å². The number of hydrogen-bond acceptors (Lipinski definition) is 4. The third-order valence-electron chi connectivity index (χ3n) is 4.10. The lowest BCUT2D eigenvalue weighted by atomic mass is 9.81. The largest absolute Gasteiger partial charge is 0.493 e. The number of rotatable bonds is 4. The fourth-order valence-corrected chi connectivity index (χ4v) is 2.78. The average molecular weight is 351 g/mol. The molecule has 0 aromatic heterocycles. The van der Waals surface area contributed by atoms with Crippen LogP contribution in [0, 0.1) is 11.7 Å². The molecule has 132 valence electrons. The van der Waals surface area contributed by atoms with Gasteiger partial charge in [-0.2, -0.15) is 0 Å². The van der Waals surface area contributed by atoms with E-state index in [2.05, 4.69) is 0 Å². The molecule has 2 atom stereocenters. The molecule has 2 heterocycles. The summed E-state index contributed by atoms with van der Waals surface area (Å²) in [4.78, 5) is 0.847. The van der Waals surface area contributed by atoms with Crippen LogP contribution in [-0.4, -0.2) is 38.2 Å². The van der Waals surface area contributed by atoms with Gasteiger partial charge in [-0.15, -0.1) is 0 Å². The van der Waals surface area contributed by atoms with Gasteiger partial charge in [0, 0.05) is 24.0 Å². The highest BCUT2D eigenvalue weighted by Gasteiger charge is 2.29. The summed E-state index contributed by atoms with van der Waals surface area (Å²) in [5.74, 6) is -2.95. The minimum atomic E-state index is -2.65. The van der Waals surface area contributed by atoms with Crippen molar-refractivity contribution in [3.05, 3.63) is 53.8 Å². The standard InChI is InChI=1S/C20H22FNO3/c1-22-9-8-18(14-2-4-16(21)5-3-14)15(11-22)12-23-17-6-7-19-20(10-17)25-13-24-19/h2-7,10,15,18H,8-9,11-13H2,1H3/t15-,18-/m0/s1/i9D2,11D2,12D2,13D2. The predicted octanol–water partition coefficient (Wildman–Crippen LogP) is 3.67. The number of benzene rings is 2.